The second kappa shape index (κ2) is 28.6. The summed E-state index contributed by atoms with van der Waals surface area (Å²) in [7, 11) is -7.84. The van der Waals surface area contributed by atoms with Gasteiger partial charge in [-0.2, -0.15) is 0 Å². The third kappa shape index (κ3) is 14.8. The van der Waals surface area contributed by atoms with Gasteiger partial charge in [0.05, 0.1) is 62.2 Å². The van der Waals surface area contributed by atoms with Crippen molar-refractivity contribution in [2.75, 3.05) is 109 Å². The first-order valence-corrected chi connectivity index (χ1v) is 33.3. The number of sulfonamides is 1. The molecule has 0 unspecified atom stereocenters. The summed E-state index contributed by atoms with van der Waals surface area (Å²) in [5, 5.41) is 25.8. The molecule has 0 spiro atoms. The second-order valence-electron chi connectivity index (χ2n) is 22.7. The quantitative estimate of drug-likeness (QED) is 0.0204. The number of anilines is 2. The number of fused-ring (bicyclic) bond motifs is 5. The number of aromatic nitrogens is 4. The van der Waals surface area contributed by atoms with Gasteiger partial charge < -0.3 is 70.6 Å². The van der Waals surface area contributed by atoms with Gasteiger partial charge in [0.25, 0.3) is 0 Å². The predicted molar refractivity (Wildman–Crippen MR) is 319 cm³/mol. The fourth-order valence-corrected chi connectivity index (χ4v) is 13.9. The summed E-state index contributed by atoms with van der Waals surface area (Å²) in [5.74, 6) is 0.840. The van der Waals surface area contributed by atoms with Gasteiger partial charge >= 0.3 is 5.97 Å². The molecule has 6 aliphatic heterocycles. The molecular formula is C59H81N11O14S2. The van der Waals surface area contributed by atoms with Crippen LogP contribution in [0.5, 0.6) is 11.5 Å². The smallest absolute Gasteiger partial charge is 0.320 e. The molecule has 11 rings (SSSR count). The number of aryl methyl sites for hydroxylation is 2. The summed E-state index contributed by atoms with van der Waals surface area (Å²) in [6.45, 7) is 8.86. The highest BCUT2D eigenvalue weighted by atomic mass is 32.2. The lowest BCUT2D eigenvalue weighted by Crippen LogP contribution is -2.45. The SMILES string of the molecule is CS(=O)(=O)NCCCOCCOCCOCCCNCCO[C@@H]1[C@H](O)[C@@H](C[C@@H](N)CC[C@H](N)C(=O)O)O[C@H]1n1cnc2c(N)ncnc21.O=S(=O)([O-])c1ccccc1C1=c2cc3c4c(c2Oc2c1cc1c5c2CCCN5CCC1)CCC[N+]=4CCC3. The van der Waals surface area contributed by atoms with Crippen LogP contribution in [-0.2, 0) is 74.3 Å². The number of nitrogen functional groups attached to an aromatic ring is 1. The molecule has 86 heavy (non-hydrogen) atoms. The summed E-state index contributed by atoms with van der Waals surface area (Å²) in [6.07, 6.45) is 11.1. The maximum atomic E-state index is 12.5. The Bertz CT molecular complexity index is 3590. The number of aliphatic carboxylic acids is 1. The maximum Gasteiger partial charge on any atom is 0.320 e. The van der Waals surface area contributed by atoms with E-state index in [1.54, 1.807) is 16.7 Å². The molecular weight excluding hydrogens is 1150 g/mol. The monoisotopic (exact) mass is 1230 g/mol. The van der Waals surface area contributed by atoms with Crippen LogP contribution < -0.4 is 52.0 Å². The first-order valence-electron chi connectivity index (χ1n) is 30.0. The molecule has 0 radical (unpaired) electrons. The van der Waals surface area contributed by atoms with E-state index in [4.69, 9.17) is 50.7 Å². The van der Waals surface area contributed by atoms with E-state index in [0.29, 0.717) is 88.8 Å². The van der Waals surface area contributed by atoms with E-state index in [2.05, 4.69) is 46.6 Å². The zero-order valence-electron chi connectivity index (χ0n) is 48.7. The van der Waals surface area contributed by atoms with E-state index in [-0.39, 0.29) is 30.2 Å². The number of aliphatic hydroxyl groups is 1. The Morgan fingerprint density at radius 2 is 1.53 bits per heavy atom. The molecule has 8 heterocycles. The second-order valence-corrected chi connectivity index (χ2v) is 25.9. The van der Waals surface area contributed by atoms with Gasteiger partial charge in [-0.15, -0.1) is 0 Å². The zero-order chi connectivity index (χ0) is 60.5. The minimum atomic E-state index is -4.68. The number of nitrogens with one attached hydrogen (secondary N) is 2. The van der Waals surface area contributed by atoms with Gasteiger partial charge in [0, 0.05) is 97.0 Å². The molecule has 6 aliphatic rings. The third-order valence-electron chi connectivity index (χ3n) is 16.6. The number of ether oxygens (including phenoxy) is 6. The third-order valence-corrected chi connectivity index (χ3v) is 18.2. The molecule has 3 aromatic carbocycles. The molecule has 5 aromatic rings. The largest absolute Gasteiger partial charge is 0.744 e. The molecule has 0 amide bonds. The number of imidazole rings is 1. The first-order chi connectivity index (χ1) is 41.5. The molecule has 468 valence electrons. The van der Waals surface area contributed by atoms with Crippen LogP contribution in [0.25, 0.3) is 16.7 Å². The number of carbonyl (C=O) groups is 1. The van der Waals surface area contributed by atoms with Gasteiger partial charge in [0.1, 0.15) is 64.8 Å². The molecule has 27 heteroatoms. The van der Waals surface area contributed by atoms with Crippen molar-refractivity contribution in [1.82, 2.24) is 34.1 Å². The normalized spacial score (nSPS) is 20.3. The summed E-state index contributed by atoms with van der Waals surface area (Å²) in [6, 6.07) is 9.72. The Morgan fingerprint density at radius 3 is 2.28 bits per heavy atom. The summed E-state index contributed by atoms with van der Waals surface area (Å²) in [4.78, 5) is 26.0. The van der Waals surface area contributed by atoms with Crippen LogP contribution in [0.15, 0.2) is 53.9 Å². The molecule has 25 nitrogen and oxygen atoms in total. The Kier molecular flexibility index (Phi) is 21.0. The average Bonchev–Trinajstić information content (AvgIpc) is 0.898. The molecule has 2 aromatic heterocycles. The number of aliphatic hydroxyl groups excluding tert-OH is 1. The van der Waals surface area contributed by atoms with Crippen molar-refractivity contribution in [2.45, 2.75) is 125 Å². The highest BCUT2D eigenvalue weighted by molar-refractivity contribution is 7.88. The van der Waals surface area contributed by atoms with Gasteiger partial charge in [-0.05, 0) is 101 Å². The van der Waals surface area contributed by atoms with Crippen LogP contribution in [-0.4, -0.2) is 186 Å². The molecule has 1 saturated heterocycles. The topological polar surface area (TPSA) is 356 Å². The Balaban J connectivity index is 0.000000195. The van der Waals surface area contributed by atoms with Crippen LogP contribution >= 0.6 is 0 Å². The van der Waals surface area contributed by atoms with Crippen molar-refractivity contribution >= 4 is 54.4 Å². The fourth-order valence-electron chi connectivity index (χ4n) is 12.7. The van der Waals surface area contributed by atoms with Gasteiger partial charge in [-0.25, -0.2) is 41.1 Å². The summed E-state index contributed by atoms with van der Waals surface area (Å²) in [5.41, 5.74) is 27.3. The predicted octanol–water partition coefficient (Wildman–Crippen LogP) is 0.956. The molecule has 6 atom stereocenters. The van der Waals surface area contributed by atoms with Crippen molar-refractivity contribution in [2.24, 2.45) is 11.5 Å². The number of rotatable bonds is 28. The van der Waals surface area contributed by atoms with Crippen molar-refractivity contribution < 1.29 is 64.8 Å². The van der Waals surface area contributed by atoms with Gasteiger partial charge in [-0.3, -0.25) is 9.36 Å². The lowest BCUT2D eigenvalue weighted by atomic mass is 9.82. The van der Waals surface area contributed by atoms with Crippen molar-refractivity contribution in [3.63, 3.8) is 0 Å². The summed E-state index contributed by atoms with van der Waals surface area (Å²) >= 11 is 0. The lowest BCUT2D eigenvalue weighted by molar-refractivity contribution is -0.138. The molecule has 0 bridgehead atoms. The standard InChI is InChI=1S/C31H30N2O4S.C28H51N9O10S/c34-38(35,36)26-12-2-1-9-21(26)27-24-17-19-7-3-13-32-15-5-10-22(28(19)32)30(24)37-31-23-11-6-16-33-14-4-8-20(29(23)33)18-25(27)31;1-48(41,42)36-7-3-10-44-13-15-45-14-12-43-9-2-6-32-8-11-46-24-23(38)21(16-19(29)4-5-20(30)28(39)40)47-27(24)37-18-35-22-25(31)33-17-34-26(22)37/h1-2,9,12,17-18H,3-8,10-11,13-16H2;17-21,23-24,27,32,36,38H,2-16,29-30H2,1H3,(H,39,40)(H2,31,33,34)/t;19-,20-,21+,23+,24+,27+/m.0/s1. The highest BCUT2D eigenvalue weighted by Crippen LogP contribution is 2.49. The number of hydrogen-bond donors (Lipinski definition) is 7. The fraction of sp³-hybridized carbons (Fsp3) is 0.576. The van der Waals surface area contributed by atoms with Crippen LogP contribution in [0.4, 0.5) is 11.5 Å². The Hall–Kier alpha value is -5.79. The minimum Gasteiger partial charge on any atom is -0.744 e. The van der Waals surface area contributed by atoms with E-state index in [1.807, 2.05) is 6.07 Å². The molecule has 0 saturated carbocycles. The Labute approximate surface area is 501 Å². The molecule has 0 aliphatic carbocycles. The number of nitrogens with zero attached hydrogens (tertiary/aromatic N) is 6. The lowest BCUT2D eigenvalue weighted by Gasteiger charge is -2.39. The van der Waals surface area contributed by atoms with E-state index < -0.39 is 62.7 Å². The number of nitrogens with two attached hydrogens (primary N) is 3. The number of benzene rings is 3. The van der Waals surface area contributed by atoms with E-state index >= 15 is 0 Å². The number of carboxylic acids is 1. The van der Waals surface area contributed by atoms with Crippen LogP contribution in [0.2, 0.25) is 0 Å². The summed E-state index contributed by atoms with van der Waals surface area (Å²) < 4.78 is 102. The van der Waals surface area contributed by atoms with E-state index in [9.17, 15) is 31.3 Å². The number of hydrogen-bond acceptors (Lipinski definition) is 21. The molecule has 10 N–H and O–H groups in total. The maximum absolute atomic E-state index is 12.5. The highest BCUT2D eigenvalue weighted by Gasteiger charge is 2.47. The van der Waals surface area contributed by atoms with E-state index in [0.717, 1.165) is 118 Å². The first kappa shape index (κ1) is 63.2. The van der Waals surface area contributed by atoms with Crippen molar-refractivity contribution in [1.29, 1.82) is 0 Å². The van der Waals surface area contributed by atoms with Crippen molar-refractivity contribution in [3.05, 3.63) is 93.0 Å². The Morgan fingerprint density at radius 1 is 0.837 bits per heavy atom. The van der Waals surface area contributed by atoms with Crippen LogP contribution in [0.1, 0.15) is 97.4 Å². The van der Waals surface area contributed by atoms with Gasteiger partial charge in [-0.1, -0.05) is 18.2 Å². The van der Waals surface area contributed by atoms with Gasteiger partial charge in [0.15, 0.2) is 17.7 Å². The van der Waals surface area contributed by atoms with Crippen LogP contribution in [0.3, 0.4) is 0 Å². The minimum absolute atomic E-state index is 0.158. The van der Waals surface area contributed by atoms with Crippen LogP contribution in [0, 0.1) is 0 Å². The molecule has 1 fully saturated rings. The average molecular weight is 1230 g/mol. The van der Waals surface area contributed by atoms with Crippen molar-refractivity contribution in [3.8, 4) is 11.5 Å². The van der Waals surface area contributed by atoms with Gasteiger partial charge in [0.2, 0.25) is 15.4 Å². The zero-order valence-corrected chi connectivity index (χ0v) is 50.3. The number of carboxylic acid groups (broad SMARTS) is 1. The van der Waals surface area contributed by atoms with E-state index in [1.165, 1.54) is 52.0 Å².